The van der Waals surface area contributed by atoms with Gasteiger partial charge in [-0.2, -0.15) is 13.2 Å². The van der Waals surface area contributed by atoms with E-state index in [0.717, 1.165) is 13.8 Å². The van der Waals surface area contributed by atoms with Crippen LogP contribution < -0.4 is 10.6 Å². The lowest BCUT2D eigenvalue weighted by atomic mass is 9.86. The smallest absolute Gasteiger partial charge is 0.399 e. The van der Waals surface area contributed by atoms with Crippen molar-refractivity contribution in [2.24, 2.45) is 11.8 Å². The first kappa shape index (κ1) is 22.9. The SMILES string of the molecule is CC[C@H](C)[C@H](NC(C)=O)C(=O)C(CC(=O)N[C@@H](C)C(=O)O)C(F)(F)F. The Morgan fingerprint density at radius 2 is 1.60 bits per heavy atom. The molecule has 7 nitrogen and oxygen atoms in total. The van der Waals surface area contributed by atoms with Gasteiger partial charge < -0.3 is 15.7 Å². The van der Waals surface area contributed by atoms with Crippen LogP contribution in [0.5, 0.6) is 0 Å². The van der Waals surface area contributed by atoms with E-state index >= 15 is 0 Å². The molecule has 0 aliphatic rings. The Bertz CT molecular complexity index is 522. The second-order valence-corrected chi connectivity index (χ2v) is 5.89. The fourth-order valence-corrected chi connectivity index (χ4v) is 2.09. The molecule has 0 saturated carbocycles. The minimum absolute atomic E-state index is 0.337. The van der Waals surface area contributed by atoms with Crippen LogP contribution in [-0.2, 0) is 19.2 Å². The van der Waals surface area contributed by atoms with Crippen LogP contribution in [0, 0.1) is 11.8 Å². The summed E-state index contributed by atoms with van der Waals surface area (Å²) in [6.07, 6.45) is -5.92. The highest BCUT2D eigenvalue weighted by molar-refractivity contribution is 5.94. The van der Waals surface area contributed by atoms with Crippen molar-refractivity contribution < 1.29 is 37.5 Å². The lowest BCUT2D eigenvalue weighted by Crippen LogP contribution is -2.51. The Balaban J connectivity index is 5.42. The van der Waals surface area contributed by atoms with Crippen molar-refractivity contribution in [1.82, 2.24) is 10.6 Å². The van der Waals surface area contributed by atoms with Gasteiger partial charge >= 0.3 is 12.1 Å². The van der Waals surface area contributed by atoms with Crippen molar-refractivity contribution in [3.63, 3.8) is 0 Å². The number of amides is 2. The van der Waals surface area contributed by atoms with E-state index in [0.29, 0.717) is 6.42 Å². The van der Waals surface area contributed by atoms with E-state index in [-0.39, 0.29) is 0 Å². The number of carboxylic acid groups (broad SMARTS) is 1. The van der Waals surface area contributed by atoms with Gasteiger partial charge in [-0.1, -0.05) is 20.3 Å². The third-order valence-corrected chi connectivity index (χ3v) is 3.75. The Morgan fingerprint density at radius 3 is 1.96 bits per heavy atom. The lowest BCUT2D eigenvalue weighted by molar-refractivity contribution is -0.186. The molecule has 0 aliphatic heterocycles. The predicted octanol–water partition coefficient (Wildman–Crippen LogP) is 1.26. The zero-order valence-electron chi connectivity index (χ0n) is 14.4. The first-order valence-corrected chi connectivity index (χ1v) is 7.70. The number of ketones is 1. The summed E-state index contributed by atoms with van der Waals surface area (Å²) in [4.78, 5) is 45.9. The zero-order chi connectivity index (χ0) is 19.9. The van der Waals surface area contributed by atoms with Gasteiger partial charge in [0.05, 0.1) is 6.04 Å². The number of hydrogen-bond acceptors (Lipinski definition) is 4. The second-order valence-electron chi connectivity index (χ2n) is 5.89. The van der Waals surface area contributed by atoms with Gasteiger partial charge in [0.2, 0.25) is 11.8 Å². The molecule has 0 heterocycles. The molecule has 0 aromatic heterocycles. The number of nitrogens with one attached hydrogen (secondary N) is 2. The average Bonchev–Trinajstić information content (AvgIpc) is 2.47. The van der Waals surface area contributed by atoms with Crippen LogP contribution in [-0.4, -0.2) is 46.9 Å². The van der Waals surface area contributed by atoms with Gasteiger partial charge in [-0.3, -0.25) is 19.2 Å². The van der Waals surface area contributed by atoms with Gasteiger partial charge in [-0.05, 0) is 12.8 Å². The number of alkyl halides is 3. The molecule has 0 aliphatic carbocycles. The molecule has 4 atom stereocenters. The number of Topliss-reactive ketones (excluding diaryl/α,β-unsaturated/α-hetero) is 1. The highest BCUT2D eigenvalue weighted by Crippen LogP contribution is 2.32. The van der Waals surface area contributed by atoms with Crippen LogP contribution in [0.25, 0.3) is 0 Å². The zero-order valence-corrected chi connectivity index (χ0v) is 14.4. The summed E-state index contributed by atoms with van der Waals surface area (Å²) in [6, 6.07) is -2.78. The Labute approximate surface area is 143 Å². The van der Waals surface area contributed by atoms with Gasteiger partial charge in [0, 0.05) is 13.3 Å². The number of carbonyl (C=O) groups excluding carboxylic acids is 3. The Morgan fingerprint density at radius 1 is 1.08 bits per heavy atom. The maximum absolute atomic E-state index is 13.3. The fourth-order valence-electron chi connectivity index (χ4n) is 2.09. The third-order valence-electron chi connectivity index (χ3n) is 3.75. The molecule has 10 heteroatoms. The van der Waals surface area contributed by atoms with E-state index < -0.39 is 60.1 Å². The molecular formula is C15H23F3N2O5. The van der Waals surface area contributed by atoms with Crippen LogP contribution in [0.4, 0.5) is 13.2 Å². The van der Waals surface area contributed by atoms with Crippen LogP contribution in [0.3, 0.4) is 0 Å². The normalized spacial score (nSPS) is 16.3. The molecule has 0 spiro atoms. The van der Waals surface area contributed by atoms with Crippen LogP contribution in [0.15, 0.2) is 0 Å². The summed E-state index contributed by atoms with van der Waals surface area (Å²) in [5, 5.41) is 12.8. The first-order chi connectivity index (χ1) is 11.3. The van der Waals surface area contributed by atoms with Crippen LogP contribution in [0.1, 0.15) is 40.5 Å². The van der Waals surface area contributed by atoms with Crippen molar-refractivity contribution in [1.29, 1.82) is 0 Å². The quantitative estimate of drug-likeness (QED) is 0.567. The molecule has 0 aromatic rings. The van der Waals surface area contributed by atoms with Crippen molar-refractivity contribution in [3.05, 3.63) is 0 Å². The summed E-state index contributed by atoms with van der Waals surface area (Å²) in [5.41, 5.74) is 0. The van der Waals surface area contributed by atoms with Gasteiger partial charge in [0.15, 0.2) is 5.78 Å². The van der Waals surface area contributed by atoms with E-state index in [9.17, 15) is 32.3 Å². The monoisotopic (exact) mass is 368 g/mol. The topological polar surface area (TPSA) is 113 Å². The van der Waals surface area contributed by atoms with Gasteiger partial charge in [-0.25, -0.2) is 0 Å². The van der Waals surface area contributed by atoms with E-state index in [1.165, 1.54) is 6.92 Å². The highest BCUT2D eigenvalue weighted by Gasteiger charge is 2.48. The molecular weight excluding hydrogens is 345 g/mol. The molecule has 0 bridgehead atoms. The number of hydrogen-bond donors (Lipinski definition) is 3. The van der Waals surface area contributed by atoms with E-state index in [1.807, 2.05) is 5.32 Å². The van der Waals surface area contributed by atoms with E-state index in [4.69, 9.17) is 5.11 Å². The molecule has 25 heavy (non-hydrogen) atoms. The predicted molar refractivity (Wildman–Crippen MR) is 81.5 cm³/mol. The van der Waals surface area contributed by atoms with Crippen molar-refractivity contribution >= 4 is 23.6 Å². The maximum atomic E-state index is 13.3. The number of rotatable bonds is 9. The summed E-state index contributed by atoms with van der Waals surface area (Å²) in [5.74, 6) is -7.82. The molecule has 3 N–H and O–H groups in total. The maximum Gasteiger partial charge on any atom is 0.399 e. The summed E-state index contributed by atoms with van der Waals surface area (Å²) < 4.78 is 39.8. The summed E-state index contributed by atoms with van der Waals surface area (Å²) in [7, 11) is 0. The third kappa shape index (κ3) is 7.53. The molecule has 144 valence electrons. The molecule has 0 rings (SSSR count). The molecule has 0 radical (unpaired) electrons. The van der Waals surface area contributed by atoms with Gasteiger partial charge in [0.25, 0.3) is 0 Å². The minimum atomic E-state index is -5.01. The molecule has 0 fully saturated rings. The highest BCUT2D eigenvalue weighted by atomic mass is 19.4. The number of aliphatic carboxylic acids is 1. The van der Waals surface area contributed by atoms with Crippen LogP contribution >= 0.6 is 0 Å². The summed E-state index contributed by atoms with van der Waals surface area (Å²) in [6.45, 7) is 5.32. The van der Waals surface area contributed by atoms with E-state index in [2.05, 4.69) is 5.32 Å². The standard InChI is InChI=1S/C15H23F3N2O5/c1-5-7(2)12(20-9(4)21)13(23)10(15(16,17)18)6-11(22)19-8(3)14(24)25/h7-8,10,12H,5-6H2,1-4H3,(H,19,22)(H,20,21)(H,24,25)/t7-,8-,10?,12-/m0/s1. The summed E-state index contributed by atoms with van der Waals surface area (Å²) >= 11 is 0. The van der Waals surface area contributed by atoms with Crippen molar-refractivity contribution in [2.75, 3.05) is 0 Å². The number of carboxylic acids is 1. The number of halogens is 3. The minimum Gasteiger partial charge on any atom is -0.480 e. The van der Waals surface area contributed by atoms with E-state index in [1.54, 1.807) is 6.92 Å². The first-order valence-electron chi connectivity index (χ1n) is 7.70. The molecule has 2 amide bonds. The fraction of sp³-hybridized carbons (Fsp3) is 0.733. The Kier molecular flexibility index (Phi) is 8.58. The lowest BCUT2D eigenvalue weighted by Gasteiger charge is -2.28. The van der Waals surface area contributed by atoms with Gasteiger partial charge in [0.1, 0.15) is 12.0 Å². The largest absolute Gasteiger partial charge is 0.480 e. The van der Waals surface area contributed by atoms with Crippen LogP contribution in [0.2, 0.25) is 0 Å². The molecule has 0 aromatic carbocycles. The van der Waals surface area contributed by atoms with Crippen molar-refractivity contribution in [2.45, 2.75) is 58.8 Å². The number of carbonyl (C=O) groups is 4. The average molecular weight is 368 g/mol. The molecule has 1 unspecified atom stereocenters. The second kappa shape index (κ2) is 9.38. The van der Waals surface area contributed by atoms with Crippen molar-refractivity contribution in [3.8, 4) is 0 Å². The Hall–Kier alpha value is -2.13. The van der Waals surface area contributed by atoms with Gasteiger partial charge in [-0.15, -0.1) is 0 Å². The molecule has 0 saturated heterocycles.